The van der Waals surface area contributed by atoms with Gasteiger partial charge in [-0.05, 0) is 50.6 Å². The molecule has 0 bridgehead atoms. The molecule has 3 aromatic rings. The Morgan fingerprint density at radius 1 is 1.03 bits per heavy atom. The van der Waals surface area contributed by atoms with Crippen LogP contribution in [0.2, 0.25) is 0 Å². The van der Waals surface area contributed by atoms with Gasteiger partial charge in [0.05, 0.1) is 23.0 Å². The van der Waals surface area contributed by atoms with Crippen LogP contribution < -0.4 is 10.6 Å². The molecule has 2 aromatic carbocycles. The number of para-hydroxylation sites is 1. The third-order valence-electron chi connectivity index (χ3n) is 4.59. The Kier molecular flexibility index (Phi) is 6.90. The molecule has 0 spiro atoms. The van der Waals surface area contributed by atoms with Gasteiger partial charge in [-0.25, -0.2) is 4.79 Å². The fourth-order valence-corrected chi connectivity index (χ4v) is 3.09. The van der Waals surface area contributed by atoms with E-state index in [1.165, 1.54) is 18.3 Å². The van der Waals surface area contributed by atoms with E-state index in [0.717, 1.165) is 23.0 Å². The van der Waals surface area contributed by atoms with Gasteiger partial charge >= 0.3 is 12.3 Å². The van der Waals surface area contributed by atoms with Crippen molar-refractivity contribution in [2.24, 2.45) is 0 Å². The number of rotatable bonds is 5. The lowest BCUT2D eigenvalue weighted by Gasteiger charge is -2.23. The molecule has 0 saturated carbocycles. The first-order valence-electron chi connectivity index (χ1n) is 10.2. The smallest absolute Gasteiger partial charge is 0.416 e. The first-order valence-corrected chi connectivity index (χ1v) is 10.2. The molecule has 0 unspecified atom stereocenters. The Hall–Kier alpha value is -3.62. The quantitative estimate of drug-likeness (QED) is 0.541. The second-order valence-electron chi connectivity index (χ2n) is 8.50. The fourth-order valence-electron chi connectivity index (χ4n) is 3.09. The van der Waals surface area contributed by atoms with Crippen LogP contribution in [0.4, 0.5) is 23.7 Å². The monoisotopic (exact) mass is 459 g/mol. The van der Waals surface area contributed by atoms with E-state index >= 15 is 0 Å². The van der Waals surface area contributed by atoms with Crippen LogP contribution in [-0.2, 0) is 22.1 Å². The number of hydrogen-bond acceptors (Lipinski definition) is 4. The fraction of sp³-hybridized carbons (Fsp3) is 0.292. The summed E-state index contributed by atoms with van der Waals surface area (Å²) in [5, 5.41) is 6.03. The highest BCUT2D eigenvalue weighted by molar-refractivity contribution is 5.98. The minimum absolute atomic E-state index is 0.0375. The molecule has 1 aromatic heterocycles. The van der Waals surface area contributed by atoms with Gasteiger partial charge < -0.3 is 15.4 Å². The van der Waals surface area contributed by atoms with Crippen molar-refractivity contribution in [2.75, 3.05) is 5.32 Å². The van der Waals surface area contributed by atoms with Gasteiger partial charge in [0.25, 0.3) is 0 Å². The lowest BCUT2D eigenvalue weighted by atomic mass is 10.0. The third kappa shape index (κ3) is 6.93. The number of amides is 2. The molecule has 0 fully saturated rings. The number of benzene rings is 2. The van der Waals surface area contributed by atoms with Crippen LogP contribution in [0.5, 0.6) is 0 Å². The van der Waals surface area contributed by atoms with E-state index in [-0.39, 0.29) is 6.42 Å². The summed E-state index contributed by atoms with van der Waals surface area (Å²) < 4.78 is 43.8. The van der Waals surface area contributed by atoms with Crippen LogP contribution >= 0.6 is 0 Å². The molecule has 9 heteroatoms. The van der Waals surface area contributed by atoms with Crippen LogP contribution in [0.1, 0.15) is 31.9 Å². The lowest BCUT2D eigenvalue weighted by Crippen LogP contribution is -2.47. The highest BCUT2D eigenvalue weighted by Gasteiger charge is 2.30. The van der Waals surface area contributed by atoms with Gasteiger partial charge in [-0.2, -0.15) is 13.2 Å². The predicted molar refractivity (Wildman–Crippen MR) is 119 cm³/mol. The summed E-state index contributed by atoms with van der Waals surface area (Å²) in [6, 6.07) is 12.4. The third-order valence-corrected chi connectivity index (χ3v) is 4.59. The van der Waals surface area contributed by atoms with Crippen LogP contribution in [-0.4, -0.2) is 28.6 Å². The van der Waals surface area contributed by atoms with Crippen LogP contribution in [0.25, 0.3) is 10.9 Å². The van der Waals surface area contributed by atoms with Gasteiger partial charge in [-0.3, -0.25) is 9.78 Å². The number of fused-ring (bicyclic) bond motifs is 1. The summed E-state index contributed by atoms with van der Waals surface area (Å²) >= 11 is 0. The summed E-state index contributed by atoms with van der Waals surface area (Å²) in [5.74, 6) is -0.558. The average molecular weight is 459 g/mol. The molecular weight excluding hydrogens is 435 g/mol. The van der Waals surface area contributed by atoms with E-state index in [2.05, 4.69) is 15.6 Å². The standard InChI is InChI=1S/C24H24F3N3O3/c1-23(2,3)33-22(32)30-20(12-15-8-10-17(11-9-15)24(25,26)27)21(31)29-18-13-16-6-4-5-7-19(16)28-14-18/h4-11,13-14,20H,12H2,1-3H3,(H,29,31)(H,30,32)/t20-/m1/s1. The summed E-state index contributed by atoms with van der Waals surface area (Å²) in [6.45, 7) is 5.04. The van der Waals surface area contributed by atoms with Crippen molar-refractivity contribution in [3.05, 3.63) is 71.9 Å². The van der Waals surface area contributed by atoms with Crippen LogP contribution in [0.15, 0.2) is 60.8 Å². The Morgan fingerprint density at radius 3 is 2.33 bits per heavy atom. The molecular formula is C24H24F3N3O3. The normalized spacial score (nSPS) is 12.8. The molecule has 174 valence electrons. The second-order valence-corrected chi connectivity index (χ2v) is 8.50. The first-order chi connectivity index (χ1) is 15.4. The molecule has 2 amide bonds. The molecule has 3 rings (SSSR count). The van der Waals surface area contributed by atoms with E-state index in [9.17, 15) is 22.8 Å². The van der Waals surface area contributed by atoms with Crippen molar-refractivity contribution in [2.45, 2.75) is 45.0 Å². The average Bonchev–Trinajstić information content (AvgIpc) is 2.71. The number of nitrogens with one attached hydrogen (secondary N) is 2. The number of aromatic nitrogens is 1. The number of carbonyl (C=O) groups is 2. The van der Waals surface area contributed by atoms with Crippen molar-refractivity contribution in [3.8, 4) is 0 Å². The summed E-state index contributed by atoms with van der Waals surface area (Å²) in [5.41, 5.74) is 0.0260. The Balaban J connectivity index is 1.80. The zero-order valence-electron chi connectivity index (χ0n) is 18.4. The van der Waals surface area contributed by atoms with E-state index in [4.69, 9.17) is 4.74 Å². The second kappa shape index (κ2) is 9.48. The molecule has 2 N–H and O–H groups in total. The van der Waals surface area contributed by atoms with Gasteiger partial charge in [0.1, 0.15) is 11.6 Å². The first kappa shape index (κ1) is 24.0. The molecule has 1 atom stereocenters. The van der Waals surface area contributed by atoms with Gasteiger partial charge in [0, 0.05) is 11.8 Å². The molecule has 1 heterocycles. The van der Waals surface area contributed by atoms with E-state index < -0.39 is 35.4 Å². The maximum Gasteiger partial charge on any atom is 0.416 e. The van der Waals surface area contributed by atoms with Gasteiger partial charge in [-0.1, -0.05) is 30.3 Å². The number of hydrogen-bond donors (Lipinski definition) is 2. The number of ether oxygens (including phenoxy) is 1. The molecule has 6 nitrogen and oxygen atoms in total. The van der Waals surface area contributed by atoms with Crippen molar-refractivity contribution in [1.29, 1.82) is 0 Å². The summed E-state index contributed by atoms with van der Waals surface area (Å²) in [4.78, 5) is 29.6. The Bertz CT molecular complexity index is 1140. The Labute approximate surface area is 189 Å². The largest absolute Gasteiger partial charge is 0.444 e. The topological polar surface area (TPSA) is 80.3 Å². The highest BCUT2D eigenvalue weighted by Crippen LogP contribution is 2.29. The van der Waals surface area contributed by atoms with Crippen molar-refractivity contribution in [1.82, 2.24) is 10.3 Å². The summed E-state index contributed by atoms with van der Waals surface area (Å²) in [6.07, 6.45) is -3.83. The Morgan fingerprint density at radius 2 is 1.70 bits per heavy atom. The molecule has 0 radical (unpaired) electrons. The number of carbonyl (C=O) groups excluding carboxylic acids is 2. The number of alkyl carbamates (subject to hydrolysis) is 1. The number of nitrogens with zero attached hydrogens (tertiary/aromatic N) is 1. The van der Waals surface area contributed by atoms with Gasteiger partial charge in [-0.15, -0.1) is 0 Å². The van der Waals surface area contributed by atoms with E-state index in [0.29, 0.717) is 11.3 Å². The number of pyridine rings is 1. The molecule has 0 aliphatic carbocycles. The van der Waals surface area contributed by atoms with Gasteiger partial charge in [0.2, 0.25) is 5.91 Å². The van der Waals surface area contributed by atoms with Gasteiger partial charge in [0.15, 0.2) is 0 Å². The predicted octanol–water partition coefficient (Wildman–Crippen LogP) is 5.33. The van der Waals surface area contributed by atoms with Crippen molar-refractivity contribution >= 4 is 28.6 Å². The minimum atomic E-state index is -4.47. The van der Waals surface area contributed by atoms with Crippen LogP contribution in [0, 0.1) is 0 Å². The lowest BCUT2D eigenvalue weighted by molar-refractivity contribution is -0.137. The molecule has 0 saturated heterocycles. The maximum atomic E-state index is 13.0. The number of halogens is 3. The zero-order valence-corrected chi connectivity index (χ0v) is 18.4. The minimum Gasteiger partial charge on any atom is -0.444 e. The molecule has 0 aliphatic rings. The molecule has 33 heavy (non-hydrogen) atoms. The maximum absolute atomic E-state index is 13.0. The van der Waals surface area contributed by atoms with E-state index in [1.807, 2.05) is 24.3 Å². The highest BCUT2D eigenvalue weighted by atomic mass is 19.4. The zero-order chi connectivity index (χ0) is 24.2. The number of anilines is 1. The SMILES string of the molecule is CC(C)(C)OC(=O)N[C@H](Cc1ccc(C(F)(F)F)cc1)C(=O)Nc1cnc2ccccc2c1. The summed E-state index contributed by atoms with van der Waals surface area (Å²) in [7, 11) is 0. The van der Waals surface area contributed by atoms with Crippen molar-refractivity contribution in [3.63, 3.8) is 0 Å². The molecule has 0 aliphatic heterocycles. The van der Waals surface area contributed by atoms with Crippen LogP contribution in [0.3, 0.4) is 0 Å². The van der Waals surface area contributed by atoms with Crippen molar-refractivity contribution < 1.29 is 27.5 Å². The number of alkyl halides is 3. The van der Waals surface area contributed by atoms with E-state index in [1.54, 1.807) is 26.8 Å².